The standard InChI is InChI=1S/C17H21N3O2S/c1-11-3-4-14(22-11)9-19-6-5-15-16(19)7-17(21)20(15)8-13-10-23-12(2)18-13/h3-4,10,15-16H,5-9H2,1-2H3/t15-,16+/m0/s1. The number of fused-ring (bicyclic) bond motifs is 1. The number of carbonyl (C=O) groups excluding carboxylic acids is 1. The van der Waals surface area contributed by atoms with Crippen molar-refractivity contribution in [3.05, 3.63) is 39.7 Å². The van der Waals surface area contributed by atoms with Gasteiger partial charge in [-0.2, -0.15) is 0 Å². The quantitative estimate of drug-likeness (QED) is 0.864. The maximum atomic E-state index is 12.5. The zero-order valence-electron chi connectivity index (χ0n) is 13.5. The summed E-state index contributed by atoms with van der Waals surface area (Å²) >= 11 is 1.65. The fourth-order valence-electron chi connectivity index (χ4n) is 3.84. The number of furan rings is 1. The van der Waals surface area contributed by atoms with Gasteiger partial charge in [-0.1, -0.05) is 0 Å². The summed E-state index contributed by atoms with van der Waals surface area (Å²) in [4.78, 5) is 21.4. The molecule has 0 aliphatic carbocycles. The zero-order valence-corrected chi connectivity index (χ0v) is 14.3. The van der Waals surface area contributed by atoms with Crippen LogP contribution in [0.25, 0.3) is 0 Å². The number of rotatable bonds is 4. The molecule has 5 nitrogen and oxygen atoms in total. The van der Waals surface area contributed by atoms with Gasteiger partial charge in [0, 0.05) is 30.4 Å². The summed E-state index contributed by atoms with van der Waals surface area (Å²) in [5.74, 6) is 2.19. The largest absolute Gasteiger partial charge is 0.465 e. The van der Waals surface area contributed by atoms with Crippen molar-refractivity contribution in [3.8, 4) is 0 Å². The Balaban J connectivity index is 1.46. The Kier molecular flexibility index (Phi) is 3.73. The van der Waals surface area contributed by atoms with Gasteiger partial charge in [-0.25, -0.2) is 4.98 Å². The van der Waals surface area contributed by atoms with Gasteiger partial charge in [0.2, 0.25) is 5.91 Å². The van der Waals surface area contributed by atoms with E-state index in [1.54, 1.807) is 11.3 Å². The second-order valence-corrected chi connectivity index (χ2v) is 7.55. The Labute approximate surface area is 139 Å². The second-order valence-electron chi connectivity index (χ2n) is 6.49. The minimum atomic E-state index is 0.256. The van der Waals surface area contributed by atoms with Crippen LogP contribution < -0.4 is 0 Å². The number of amides is 1. The summed E-state index contributed by atoms with van der Waals surface area (Å²) in [6, 6.07) is 4.67. The monoisotopic (exact) mass is 331 g/mol. The first-order chi connectivity index (χ1) is 11.1. The number of thiazole rings is 1. The summed E-state index contributed by atoms with van der Waals surface area (Å²) in [7, 11) is 0. The van der Waals surface area contributed by atoms with Gasteiger partial charge < -0.3 is 9.32 Å². The molecule has 2 fully saturated rings. The van der Waals surface area contributed by atoms with Crippen molar-refractivity contribution >= 4 is 17.2 Å². The molecule has 122 valence electrons. The number of carbonyl (C=O) groups is 1. The van der Waals surface area contributed by atoms with Crippen molar-refractivity contribution in [1.82, 2.24) is 14.8 Å². The van der Waals surface area contributed by atoms with E-state index in [1.165, 1.54) is 0 Å². The molecule has 0 radical (unpaired) electrons. The van der Waals surface area contributed by atoms with Crippen LogP contribution in [0.2, 0.25) is 0 Å². The molecule has 0 saturated carbocycles. The molecule has 4 heterocycles. The molecule has 2 aliphatic heterocycles. The number of hydrogen-bond donors (Lipinski definition) is 0. The first-order valence-corrected chi connectivity index (χ1v) is 8.98. The van der Waals surface area contributed by atoms with Gasteiger partial charge in [0.15, 0.2) is 0 Å². The Bertz CT molecular complexity index is 723. The molecule has 6 heteroatoms. The SMILES string of the molecule is Cc1ccc(CN2CC[C@H]3[C@H]2CC(=O)N3Cc2csc(C)n2)o1. The highest BCUT2D eigenvalue weighted by Gasteiger charge is 2.46. The van der Waals surface area contributed by atoms with Crippen molar-refractivity contribution in [2.24, 2.45) is 0 Å². The molecule has 2 aliphatic rings. The smallest absolute Gasteiger partial charge is 0.224 e. The third-order valence-electron chi connectivity index (χ3n) is 4.88. The van der Waals surface area contributed by atoms with E-state index in [4.69, 9.17) is 4.42 Å². The van der Waals surface area contributed by atoms with Crippen molar-refractivity contribution in [3.63, 3.8) is 0 Å². The van der Waals surface area contributed by atoms with Crippen LogP contribution in [0, 0.1) is 13.8 Å². The van der Waals surface area contributed by atoms with E-state index in [-0.39, 0.29) is 5.91 Å². The Hall–Kier alpha value is -1.66. The molecule has 4 rings (SSSR count). The molecule has 2 aromatic rings. The third kappa shape index (κ3) is 2.81. The first kappa shape index (κ1) is 14.9. The lowest BCUT2D eigenvalue weighted by atomic mass is 10.1. The van der Waals surface area contributed by atoms with E-state index >= 15 is 0 Å². The highest BCUT2D eigenvalue weighted by atomic mass is 32.1. The molecule has 23 heavy (non-hydrogen) atoms. The van der Waals surface area contributed by atoms with Crippen LogP contribution in [0.4, 0.5) is 0 Å². The van der Waals surface area contributed by atoms with Gasteiger partial charge in [0.1, 0.15) is 11.5 Å². The van der Waals surface area contributed by atoms with Gasteiger partial charge in [0.25, 0.3) is 0 Å². The van der Waals surface area contributed by atoms with Crippen molar-refractivity contribution < 1.29 is 9.21 Å². The van der Waals surface area contributed by atoms with Crippen LogP contribution in [0.5, 0.6) is 0 Å². The van der Waals surface area contributed by atoms with Crippen LogP contribution in [0.15, 0.2) is 21.9 Å². The first-order valence-electron chi connectivity index (χ1n) is 8.10. The third-order valence-corrected chi connectivity index (χ3v) is 5.71. The van der Waals surface area contributed by atoms with E-state index in [9.17, 15) is 4.79 Å². The number of likely N-dealkylation sites (tertiary alicyclic amines) is 2. The minimum Gasteiger partial charge on any atom is -0.465 e. The van der Waals surface area contributed by atoms with Crippen molar-refractivity contribution in [2.75, 3.05) is 6.54 Å². The topological polar surface area (TPSA) is 49.6 Å². The van der Waals surface area contributed by atoms with Crippen LogP contribution in [-0.4, -0.2) is 39.3 Å². The van der Waals surface area contributed by atoms with E-state index in [0.29, 0.717) is 25.0 Å². The molecule has 0 bridgehead atoms. The van der Waals surface area contributed by atoms with E-state index in [0.717, 1.165) is 41.7 Å². The molecule has 0 aromatic carbocycles. The van der Waals surface area contributed by atoms with E-state index < -0.39 is 0 Å². The number of hydrogen-bond acceptors (Lipinski definition) is 5. The van der Waals surface area contributed by atoms with E-state index in [1.807, 2.05) is 30.9 Å². The molecule has 0 unspecified atom stereocenters. The molecular formula is C17H21N3O2S. The second kappa shape index (κ2) is 5.76. The average Bonchev–Trinajstić information content (AvgIpc) is 3.24. The average molecular weight is 331 g/mol. The molecular weight excluding hydrogens is 310 g/mol. The minimum absolute atomic E-state index is 0.256. The Morgan fingerprint density at radius 2 is 2.17 bits per heavy atom. The van der Waals surface area contributed by atoms with Crippen LogP contribution in [0.3, 0.4) is 0 Å². The summed E-state index contributed by atoms with van der Waals surface area (Å²) in [6.07, 6.45) is 1.66. The fraction of sp³-hybridized carbons (Fsp3) is 0.529. The molecule has 2 saturated heterocycles. The van der Waals surface area contributed by atoms with E-state index in [2.05, 4.69) is 15.3 Å². The number of aryl methyl sites for hydroxylation is 2. The molecule has 2 aromatic heterocycles. The Morgan fingerprint density at radius 3 is 2.87 bits per heavy atom. The van der Waals surface area contributed by atoms with Crippen LogP contribution in [0.1, 0.15) is 35.1 Å². The normalized spacial score (nSPS) is 24.6. The number of nitrogens with zero attached hydrogens (tertiary/aromatic N) is 3. The lowest BCUT2D eigenvalue weighted by Crippen LogP contribution is -2.36. The molecule has 2 atom stereocenters. The molecule has 1 amide bonds. The summed E-state index contributed by atoms with van der Waals surface area (Å²) in [6.45, 7) is 6.44. The molecule has 0 N–H and O–H groups in total. The fourth-order valence-corrected chi connectivity index (χ4v) is 4.44. The highest BCUT2D eigenvalue weighted by molar-refractivity contribution is 7.09. The Morgan fingerprint density at radius 1 is 1.30 bits per heavy atom. The van der Waals surface area contributed by atoms with Gasteiger partial charge in [0.05, 0.1) is 23.8 Å². The highest BCUT2D eigenvalue weighted by Crippen LogP contribution is 2.34. The maximum absolute atomic E-state index is 12.5. The van der Waals surface area contributed by atoms with Gasteiger partial charge >= 0.3 is 0 Å². The van der Waals surface area contributed by atoms with Crippen LogP contribution in [-0.2, 0) is 17.9 Å². The maximum Gasteiger partial charge on any atom is 0.224 e. The van der Waals surface area contributed by atoms with Gasteiger partial charge in [-0.3, -0.25) is 9.69 Å². The van der Waals surface area contributed by atoms with Crippen molar-refractivity contribution in [2.45, 2.75) is 51.9 Å². The zero-order chi connectivity index (χ0) is 16.0. The predicted molar refractivity (Wildman–Crippen MR) is 88.1 cm³/mol. The lowest BCUT2D eigenvalue weighted by Gasteiger charge is -2.24. The number of aromatic nitrogens is 1. The van der Waals surface area contributed by atoms with Gasteiger partial charge in [-0.05, 0) is 32.4 Å². The predicted octanol–water partition coefficient (Wildman–Crippen LogP) is 2.73. The molecule has 0 spiro atoms. The van der Waals surface area contributed by atoms with Crippen LogP contribution >= 0.6 is 11.3 Å². The van der Waals surface area contributed by atoms with Gasteiger partial charge in [-0.15, -0.1) is 11.3 Å². The summed E-state index contributed by atoms with van der Waals surface area (Å²) in [5.41, 5.74) is 1.02. The summed E-state index contributed by atoms with van der Waals surface area (Å²) < 4.78 is 5.70. The summed E-state index contributed by atoms with van der Waals surface area (Å²) in [5, 5.41) is 3.12. The lowest BCUT2D eigenvalue weighted by molar-refractivity contribution is -0.129. The van der Waals surface area contributed by atoms with Crippen molar-refractivity contribution in [1.29, 1.82) is 0 Å².